The molecule has 0 aromatic carbocycles. The Labute approximate surface area is 84.3 Å². The van der Waals surface area contributed by atoms with Crippen molar-refractivity contribution in [1.29, 1.82) is 0 Å². The molecular formula is C9H9N3O3. The van der Waals surface area contributed by atoms with Crippen molar-refractivity contribution in [2.45, 2.75) is 6.92 Å². The van der Waals surface area contributed by atoms with Crippen molar-refractivity contribution in [3.63, 3.8) is 0 Å². The Balaban J connectivity index is 2.71. The van der Waals surface area contributed by atoms with Gasteiger partial charge >= 0.3 is 5.97 Å². The summed E-state index contributed by atoms with van der Waals surface area (Å²) in [5, 5.41) is 0.348. The molecule has 0 saturated heterocycles. The van der Waals surface area contributed by atoms with Crippen LogP contribution in [0.2, 0.25) is 0 Å². The molecule has 0 fully saturated rings. The summed E-state index contributed by atoms with van der Waals surface area (Å²) in [6.07, 6.45) is 0. The van der Waals surface area contributed by atoms with Gasteiger partial charge in [-0.05, 0) is 13.0 Å². The minimum absolute atomic E-state index is 0.219. The van der Waals surface area contributed by atoms with Gasteiger partial charge in [0, 0.05) is 0 Å². The molecule has 0 spiro atoms. The average Bonchev–Trinajstić information content (AvgIpc) is 2.60. The van der Waals surface area contributed by atoms with Crippen molar-refractivity contribution in [2.24, 2.45) is 0 Å². The lowest BCUT2D eigenvalue weighted by atomic mass is 10.3. The van der Waals surface area contributed by atoms with E-state index in [1.165, 1.54) is 13.2 Å². The standard InChI is InChI=1S/C9H9N3O3/c1-4-10-7-5(8(13)11-4)3-6(12-7)9(14)15-2/h3H,1-2H3,(H2,10,11,12,13). The van der Waals surface area contributed by atoms with E-state index in [0.29, 0.717) is 16.9 Å². The Morgan fingerprint density at radius 3 is 2.87 bits per heavy atom. The van der Waals surface area contributed by atoms with Gasteiger partial charge in [0.15, 0.2) is 0 Å². The topological polar surface area (TPSA) is 87.8 Å². The van der Waals surface area contributed by atoms with E-state index in [9.17, 15) is 9.59 Å². The number of hydrogen-bond donors (Lipinski definition) is 2. The maximum Gasteiger partial charge on any atom is 0.354 e. The van der Waals surface area contributed by atoms with Gasteiger partial charge in [-0.3, -0.25) is 4.79 Å². The summed E-state index contributed by atoms with van der Waals surface area (Å²) < 4.78 is 4.53. The summed E-state index contributed by atoms with van der Waals surface area (Å²) >= 11 is 0. The van der Waals surface area contributed by atoms with Crippen molar-refractivity contribution >= 4 is 17.0 Å². The van der Waals surface area contributed by atoms with E-state index < -0.39 is 5.97 Å². The summed E-state index contributed by atoms with van der Waals surface area (Å²) in [6.45, 7) is 1.67. The number of nitrogens with one attached hydrogen (secondary N) is 2. The van der Waals surface area contributed by atoms with Crippen LogP contribution in [0.25, 0.3) is 11.0 Å². The molecule has 2 rings (SSSR count). The van der Waals surface area contributed by atoms with E-state index in [2.05, 4.69) is 19.7 Å². The smallest absolute Gasteiger partial charge is 0.354 e. The number of nitrogens with zero attached hydrogens (tertiary/aromatic N) is 1. The maximum atomic E-state index is 11.5. The molecule has 0 radical (unpaired) electrons. The fourth-order valence-electron chi connectivity index (χ4n) is 1.35. The SMILES string of the molecule is COC(=O)c1cc2c(=O)[nH]c(C)nc2[nH]1. The number of esters is 1. The summed E-state index contributed by atoms with van der Waals surface area (Å²) in [6, 6.07) is 1.42. The van der Waals surface area contributed by atoms with E-state index in [-0.39, 0.29) is 11.3 Å². The van der Waals surface area contributed by atoms with Gasteiger partial charge < -0.3 is 14.7 Å². The van der Waals surface area contributed by atoms with Crippen molar-refractivity contribution in [2.75, 3.05) is 7.11 Å². The predicted octanol–water partition coefficient (Wildman–Crippen LogP) is 0.346. The highest BCUT2D eigenvalue weighted by molar-refractivity contribution is 5.93. The molecule has 2 aromatic heterocycles. The minimum Gasteiger partial charge on any atom is -0.464 e. The first-order valence-electron chi connectivity index (χ1n) is 4.30. The Kier molecular flexibility index (Phi) is 2.03. The van der Waals surface area contributed by atoms with Crippen molar-refractivity contribution in [3.8, 4) is 0 Å². The first kappa shape index (κ1) is 9.45. The number of methoxy groups -OCH3 is 1. The van der Waals surface area contributed by atoms with E-state index in [0.717, 1.165) is 0 Å². The molecule has 2 heterocycles. The monoisotopic (exact) mass is 207 g/mol. The van der Waals surface area contributed by atoms with E-state index in [1.54, 1.807) is 6.92 Å². The lowest BCUT2D eigenvalue weighted by molar-refractivity contribution is 0.0595. The zero-order valence-corrected chi connectivity index (χ0v) is 8.25. The fourth-order valence-corrected chi connectivity index (χ4v) is 1.35. The summed E-state index contributed by atoms with van der Waals surface area (Å²) in [5.41, 5.74) is 0.330. The van der Waals surface area contributed by atoms with Gasteiger partial charge in [-0.25, -0.2) is 9.78 Å². The number of ether oxygens (including phenoxy) is 1. The van der Waals surface area contributed by atoms with Gasteiger partial charge in [-0.15, -0.1) is 0 Å². The molecule has 0 amide bonds. The molecule has 15 heavy (non-hydrogen) atoms. The Morgan fingerprint density at radius 2 is 2.20 bits per heavy atom. The lowest BCUT2D eigenvalue weighted by Crippen LogP contribution is -2.08. The highest BCUT2D eigenvalue weighted by Gasteiger charge is 2.12. The number of aromatic nitrogens is 3. The third-order valence-electron chi connectivity index (χ3n) is 2.02. The van der Waals surface area contributed by atoms with Crippen LogP contribution in [-0.2, 0) is 4.74 Å². The molecule has 0 atom stereocenters. The second-order valence-electron chi connectivity index (χ2n) is 3.09. The molecule has 0 aliphatic heterocycles. The van der Waals surface area contributed by atoms with Crippen LogP contribution in [0.5, 0.6) is 0 Å². The zero-order valence-electron chi connectivity index (χ0n) is 8.25. The fraction of sp³-hybridized carbons (Fsp3) is 0.222. The van der Waals surface area contributed by atoms with Gasteiger partial charge in [0.25, 0.3) is 5.56 Å². The van der Waals surface area contributed by atoms with Gasteiger partial charge in [0.1, 0.15) is 17.2 Å². The van der Waals surface area contributed by atoms with Crippen molar-refractivity contribution in [1.82, 2.24) is 15.0 Å². The van der Waals surface area contributed by atoms with E-state index in [1.807, 2.05) is 0 Å². The molecule has 0 unspecified atom stereocenters. The Hall–Kier alpha value is -2.11. The van der Waals surface area contributed by atoms with Crippen LogP contribution in [-0.4, -0.2) is 28.0 Å². The number of fused-ring (bicyclic) bond motifs is 1. The molecule has 2 aromatic rings. The first-order valence-corrected chi connectivity index (χ1v) is 4.30. The molecule has 78 valence electrons. The molecule has 6 nitrogen and oxygen atoms in total. The normalized spacial score (nSPS) is 10.5. The largest absolute Gasteiger partial charge is 0.464 e. The van der Waals surface area contributed by atoms with E-state index in [4.69, 9.17) is 0 Å². The van der Waals surface area contributed by atoms with Crippen molar-refractivity contribution < 1.29 is 9.53 Å². The molecule has 0 bridgehead atoms. The summed E-state index contributed by atoms with van der Waals surface area (Å²) in [7, 11) is 1.27. The summed E-state index contributed by atoms with van der Waals surface area (Å²) in [5.74, 6) is -0.0316. The summed E-state index contributed by atoms with van der Waals surface area (Å²) in [4.78, 5) is 32.0. The van der Waals surface area contributed by atoms with Gasteiger partial charge in [-0.2, -0.15) is 0 Å². The van der Waals surface area contributed by atoms with Crippen LogP contribution < -0.4 is 5.56 Å². The number of carbonyl (C=O) groups excluding carboxylic acids is 1. The Bertz CT molecular complexity index is 582. The van der Waals surface area contributed by atoms with Crippen LogP contribution in [0.1, 0.15) is 16.3 Å². The molecule has 0 aliphatic rings. The first-order chi connectivity index (χ1) is 7.11. The third kappa shape index (κ3) is 1.50. The number of rotatable bonds is 1. The average molecular weight is 207 g/mol. The van der Waals surface area contributed by atoms with Gasteiger partial charge in [0.05, 0.1) is 12.5 Å². The Morgan fingerprint density at radius 1 is 1.47 bits per heavy atom. The van der Waals surface area contributed by atoms with Gasteiger partial charge in [0.2, 0.25) is 0 Å². The highest BCUT2D eigenvalue weighted by atomic mass is 16.5. The van der Waals surface area contributed by atoms with Crippen LogP contribution in [0.4, 0.5) is 0 Å². The third-order valence-corrected chi connectivity index (χ3v) is 2.02. The molecular weight excluding hydrogens is 198 g/mol. The van der Waals surface area contributed by atoms with E-state index >= 15 is 0 Å². The van der Waals surface area contributed by atoms with Crippen LogP contribution in [0.3, 0.4) is 0 Å². The zero-order chi connectivity index (χ0) is 11.0. The number of H-pyrrole nitrogens is 2. The minimum atomic E-state index is -0.523. The van der Waals surface area contributed by atoms with Crippen LogP contribution in [0, 0.1) is 6.92 Å². The molecule has 0 saturated carbocycles. The van der Waals surface area contributed by atoms with Crippen LogP contribution >= 0.6 is 0 Å². The maximum absolute atomic E-state index is 11.5. The number of carbonyl (C=O) groups is 1. The number of aryl methyl sites for hydroxylation is 1. The molecule has 0 aliphatic carbocycles. The number of aromatic amines is 2. The second kappa shape index (κ2) is 3.23. The van der Waals surface area contributed by atoms with Crippen molar-refractivity contribution in [3.05, 3.63) is 27.9 Å². The highest BCUT2D eigenvalue weighted by Crippen LogP contribution is 2.09. The second-order valence-corrected chi connectivity index (χ2v) is 3.09. The van der Waals surface area contributed by atoms with Crippen LogP contribution in [0.15, 0.2) is 10.9 Å². The van der Waals surface area contributed by atoms with Gasteiger partial charge in [-0.1, -0.05) is 0 Å². The number of hydrogen-bond acceptors (Lipinski definition) is 4. The molecule has 2 N–H and O–H groups in total. The molecule has 6 heteroatoms. The predicted molar refractivity (Wildman–Crippen MR) is 52.8 cm³/mol. The quantitative estimate of drug-likeness (QED) is 0.660. The lowest BCUT2D eigenvalue weighted by Gasteiger charge is -1.92.